The third-order valence-corrected chi connectivity index (χ3v) is 6.59. The third kappa shape index (κ3) is 3.25. The van der Waals surface area contributed by atoms with Gasteiger partial charge in [-0.1, -0.05) is 18.2 Å². The molecular formula is C24H25N9O. The van der Waals surface area contributed by atoms with Crippen LogP contribution in [0.1, 0.15) is 35.7 Å². The van der Waals surface area contributed by atoms with E-state index < -0.39 is 0 Å². The van der Waals surface area contributed by atoms with Crippen LogP contribution in [0.2, 0.25) is 0 Å². The van der Waals surface area contributed by atoms with Gasteiger partial charge in [-0.2, -0.15) is 4.98 Å². The van der Waals surface area contributed by atoms with Crippen molar-refractivity contribution in [1.82, 2.24) is 34.6 Å². The van der Waals surface area contributed by atoms with Crippen molar-refractivity contribution in [1.29, 1.82) is 0 Å². The number of carbonyl (C=O) groups is 1. The monoisotopic (exact) mass is 455 g/mol. The van der Waals surface area contributed by atoms with Gasteiger partial charge in [-0.3, -0.25) is 9.78 Å². The minimum Gasteiger partial charge on any atom is -0.331 e. The van der Waals surface area contributed by atoms with Crippen molar-refractivity contribution in [2.45, 2.75) is 39.5 Å². The summed E-state index contributed by atoms with van der Waals surface area (Å²) in [4.78, 5) is 33.5. The van der Waals surface area contributed by atoms with E-state index in [1.54, 1.807) is 6.33 Å². The molecule has 5 heterocycles. The van der Waals surface area contributed by atoms with Gasteiger partial charge in [0.1, 0.15) is 17.8 Å². The maximum absolute atomic E-state index is 13.3. The fraction of sp³-hybridized carbons (Fsp3) is 0.333. The molecule has 0 N–H and O–H groups in total. The third-order valence-electron chi connectivity index (χ3n) is 6.59. The summed E-state index contributed by atoms with van der Waals surface area (Å²) in [6.07, 6.45) is 3.59. The molecule has 0 spiro atoms. The molecule has 0 radical (unpaired) electrons. The molecular weight excluding hydrogens is 430 g/mol. The molecule has 2 aliphatic rings. The maximum atomic E-state index is 13.3. The molecule has 172 valence electrons. The lowest BCUT2D eigenvalue weighted by Crippen LogP contribution is -2.35. The first-order valence-electron chi connectivity index (χ1n) is 11.4. The Kier molecular flexibility index (Phi) is 4.68. The van der Waals surface area contributed by atoms with Gasteiger partial charge < -0.3 is 19.3 Å². The van der Waals surface area contributed by atoms with Gasteiger partial charge in [0.25, 0.3) is 5.91 Å². The average Bonchev–Trinajstić information content (AvgIpc) is 3.46. The lowest BCUT2D eigenvalue weighted by Gasteiger charge is -2.29. The van der Waals surface area contributed by atoms with Crippen molar-refractivity contribution >= 4 is 34.3 Å². The van der Waals surface area contributed by atoms with Crippen molar-refractivity contribution in [3.8, 4) is 0 Å². The van der Waals surface area contributed by atoms with Crippen LogP contribution >= 0.6 is 0 Å². The van der Waals surface area contributed by atoms with Crippen LogP contribution in [0.5, 0.6) is 0 Å². The van der Waals surface area contributed by atoms with Crippen molar-refractivity contribution < 1.29 is 4.79 Å². The zero-order chi connectivity index (χ0) is 23.4. The second-order valence-corrected chi connectivity index (χ2v) is 9.01. The van der Waals surface area contributed by atoms with Gasteiger partial charge >= 0.3 is 0 Å². The number of anilines is 3. The first-order valence-corrected chi connectivity index (χ1v) is 11.4. The number of hydrogen-bond donors (Lipinski definition) is 0. The van der Waals surface area contributed by atoms with Crippen LogP contribution in [0.15, 0.2) is 42.9 Å². The Balaban J connectivity index is 1.45. The highest BCUT2D eigenvalue weighted by Crippen LogP contribution is 2.35. The van der Waals surface area contributed by atoms with Crippen LogP contribution in [-0.4, -0.2) is 60.2 Å². The fourth-order valence-corrected chi connectivity index (χ4v) is 4.60. The molecule has 3 aromatic heterocycles. The van der Waals surface area contributed by atoms with Crippen LogP contribution in [0.4, 0.5) is 17.5 Å². The largest absolute Gasteiger partial charge is 0.331 e. The first-order chi connectivity index (χ1) is 16.5. The molecule has 2 aliphatic heterocycles. The van der Waals surface area contributed by atoms with Gasteiger partial charge in [-0.15, -0.1) is 10.2 Å². The Morgan fingerprint density at radius 1 is 1.09 bits per heavy atom. The van der Waals surface area contributed by atoms with Crippen LogP contribution in [0.25, 0.3) is 10.9 Å². The Morgan fingerprint density at radius 2 is 1.94 bits per heavy atom. The lowest BCUT2D eigenvalue weighted by molar-refractivity contribution is 0.0726. The number of nitrogens with zero attached hydrogens (tertiary/aromatic N) is 9. The van der Waals surface area contributed by atoms with E-state index in [1.165, 1.54) is 0 Å². The van der Waals surface area contributed by atoms with Crippen LogP contribution in [0.3, 0.4) is 0 Å². The molecule has 0 unspecified atom stereocenters. The van der Waals surface area contributed by atoms with Gasteiger partial charge in [0.05, 0.1) is 30.5 Å². The van der Waals surface area contributed by atoms with E-state index >= 15 is 0 Å². The second kappa shape index (κ2) is 7.75. The number of amides is 1. The minimum atomic E-state index is -0.0555. The number of pyridine rings is 1. The number of benzene rings is 1. The Morgan fingerprint density at radius 3 is 2.79 bits per heavy atom. The molecule has 0 fully saturated rings. The Bertz CT molecular complexity index is 1410. The van der Waals surface area contributed by atoms with Crippen molar-refractivity contribution in [2.75, 3.05) is 23.4 Å². The zero-order valence-electron chi connectivity index (χ0n) is 19.4. The number of hydrogen-bond acceptors (Lipinski definition) is 8. The number of fused-ring (bicyclic) bond motifs is 3. The summed E-state index contributed by atoms with van der Waals surface area (Å²) in [5, 5.41) is 9.27. The molecule has 1 amide bonds. The number of aromatic nitrogens is 6. The lowest BCUT2D eigenvalue weighted by atomic mass is 10.2. The highest BCUT2D eigenvalue weighted by atomic mass is 16.2. The summed E-state index contributed by atoms with van der Waals surface area (Å²) < 4.78 is 2.03. The smallest absolute Gasteiger partial charge is 0.273 e. The second-order valence-electron chi connectivity index (χ2n) is 9.01. The van der Waals surface area contributed by atoms with Crippen molar-refractivity contribution in [3.63, 3.8) is 0 Å². The number of rotatable bonds is 4. The quantitative estimate of drug-likeness (QED) is 0.464. The standard InChI is InChI=1S/C24H25N9O/c1-15(2)33-12-18-21(23(33)34)27-24(31-8-9-32-14-26-29-20(32)13-31)28-22(18)30(3)17-10-16-6-4-5-7-19(16)25-11-17/h4-7,10-11,14-15H,8-9,12-13H2,1-3H3. The van der Waals surface area contributed by atoms with Crippen LogP contribution < -0.4 is 9.80 Å². The van der Waals surface area contributed by atoms with E-state index in [4.69, 9.17) is 9.97 Å². The number of carbonyl (C=O) groups excluding carboxylic acids is 1. The molecule has 1 aromatic carbocycles. The first kappa shape index (κ1) is 20.5. The van der Waals surface area contributed by atoms with E-state index in [1.807, 2.05) is 65.7 Å². The van der Waals surface area contributed by atoms with Gasteiger partial charge in [0.2, 0.25) is 5.95 Å². The predicted octanol–water partition coefficient (Wildman–Crippen LogP) is 2.77. The van der Waals surface area contributed by atoms with Gasteiger partial charge in [-0.25, -0.2) is 4.98 Å². The molecule has 0 saturated heterocycles. The SMILES string of the molecule is CC(C)N1Cc2c(nc(N3CCn4cnnc4C3)nc2N(C)c2cnc3ccccc3c2)C1=O. The molecule has 6 rings (SSSR count). The van der Waals surface area contributed by atoms with Gasteiger partial charge in [-0.05, 0) is 26.0 Å². The molecule has 0 aliphatic carbocycles. The summed E-state index contributed by atoms with van der Waals surface area (Å²) in [5.41, 5.74) is 3.16. The van der Waals surface area contributed by atoms with Crippen molar-refractivity contribution in [3.05, 3.63) is 59.9 Å². The zero-order valence-corrected chi connectivity index (χ0v) is 19.4. The number of para-hydroxylation sites is 1. The van der Waals surface area contributed by atoms with E-state index in [0.29, 0.717) is 31.3 Å². The summed E-state index contributed by atoms with van der Waals surface area (Å²) in [6, 6.07) is 10.2. The molecule has 0 bridgehead atoms. The molecule has 10 heteroatoms. The summed E-state index contributed by atoms with van der Waals surface area (Å²) in [6.45, 7) is 6.53. The molecule has 10 nitrogen and oxygen atoms in total. The molecule has 4 aromatic rings. The Hall–Kier alpha value is -4.08. The fourth-order valence-electron chi connectivity index (χ4n) is 4.60. The molecule has 0 atom stereocenters. The molecule has 0 saturated carbocycles. The topological polar surface area (TPSA) is 96.2 Å². The summed E-state index contributed by atoms with van der Waals surface area (Å²) in [7, 11) is 1.97. The summed E-state index contributed by atoms with van der Waals surface area (Å²) in [5.74, 6) is 2.06. The maximum Gasteiger partial charge on any atom is 0.273 e. The van der Waals surface area contributed by atoms with E-state index in [0.717, 1.165) is 40.3 Å². The predicted molar refractivity (Wildman–Crippen MR) is 128 cm³/mol. The summed E-state index contributed by atoms with van der Waals surface area (Å²) >= 11 is 0. The van der Waals surface area contributed by atoms with Crippen LogP contribution in [0, 0.1) is 0 Å². The van der Waals surface area contributed by atoms with E-state index in [2.05, 4.69) is 26.1 Å². The highest BCUT2D eigenvalue weighted by molar-refractivity contribution is 5.99. The van der Waals surface area contributed by atoms with Crippen LogP contribution in [-0.2, 0) is 19.6 Å². The van der Waals surface area contributed by atoms with Gasteiger partial charge in [0, 0.05) is 37.1 Å². The molecule has 34 heavy (non-hydrogen) atoms. The van der Waals surface area contributed by atoms with E-state index in [-0.39, 0.29) is 11.9 Å². The Labute approximate surface area is 196 Å². The van der Waals surface area contributed by atoms with Crippen molar-refractivity contribution in [2.24, 2.45) is 0 Å². The minimum absolute atomic E-state index is 0.0555. The van der Waals surface area contributed by atoms with E-state index in [9.17, 15) is 4.79 Å². The highest BCUT2D eigenvalue weighted by Gasteiger charge is 2.36. The normalized spacial score (nSPS) is 15.2. The average molecular weight is 456 g/mol. The van der Waals surface area contributed by atoms with Gasteiger partial charge in [0.15, 0.2) is 5.82 Å².